The van der Waals surface area contributed by atoms with E-state index in [1.165, 1.54) is 6.07 Å². The van der Waals surface area contributed by atoms with Crippen LogP contribution in [0.1, 0.15) is 47.3 Å². The lowest BCUT2D eigenvalue weighted by molar-refractivity contribution is -0.255. The number of benzene rings is 1. The third-order valence-corrected chi connectivity index (χ3v) is 4.21. The average molecular weight is 376 g/mol. The predicted molar refractivity (Wildman–Crippen MR) is 88.4 cm³/mol. The number of halogens is 1. The van der Waals surface area contributed by atoms with E-state index < -0.39 is 5.97 Å². The Bertz CT molecular complexity index is 893. The molecule has 23 heavy (non-hydrogen) atoms. The molecule has 2 heterocycles. The zero-order valence-electron chi connectivity index (χ0n) is 13.1. The first-order valence-electron chi connectivity index (χ1n) is 7.33. The van der Waals surface area contributed by atoms with Gasteiger partial charge in [0.25, 0.3) is 0 Å². The van der Waals surface area contributed by atoms with Crippen molar-refractivity contribution in [2.24, 2.45) is 0 Å². The number of fused-ring (bicyclic) bond motifs is 1. The molecule has 0 spiro atoms. The molecule has 0 aliphatic carbocycles. The van der Waals surface area contributed by atoms with Crippen molar-refractivity contribution in [2.75, 3.05) is 0 Å². The van der Waals surface area contributed by atoms with Gasteiger partial charge in [-0.15, -0.1) is 0 Å². The Balaban J connectivity index is 2.07. The van der Waals surface area contributed by atoms with Crippen LogP contribution in [0.15, 0.2) is 33.2 Å². The lowest BCUT2D eigenvalue weighted by atomic mass is 10.1. The minimum absolute atomic E-state index is 0.0592. The Kier molecular flexibility index (Phi) is 4.02. The van der Waals surface area contributed by atoms with E-state index in [-0.39, 0.29) is 5.69 Å². The van der Waals surface area contributed by atoms with Crippen LogP contribution in [0.4, 0.5) is 0 Å². The van der Waals surface area contributed by atoms with Gasteiger partial charge < -0.3 is 14.3 Å². The lowest BCUT2D eigenvalue weighted by Crippen LogP contribution is -2.23. The van der Waals surface area contributed by atoms with E-state index in [0.717, 1.165) is 32.5 Å². The highest BCUT2D eigenvalue weighted by Crippen LogP contribution is 2.31. The minimum atomic E-state index is -1.27. The summed E-state index contributed by atoms with van der Waals surface area (Å²) >= 11 is 3.51. The fourth-order valence-electron chi connectivity index (χ4n) is 2.54. The topological polar surface area (TPSA) is 71.1 Å². The standard InChI is InChI=1S/C17H17BrN2O3/c1-9(2)15-7-11-5-13(18)6-12(16(11)23-15)8-20-10(3)4-14(19-20)17(21)22/h4-7,9H,8H2,1-3H3,(H,21,22)/p-1. The first-order valence-corrected chi connectivity index (χ1v) is 8.12. The molecule has 0 atom stereocenters. The van der Waals surface area contributed by atoms with Crippen LogP contribution in [0.25, 0.3) is 11.0 Å². The smallest absolute Gasteiger partial charge is 0.139 e. The Morgan fingerprint density at radius 2 is 2.09 bits per heavy atom. The molecule has 2 aromatic heterocycles. The fraction of sp³-hybridized carbons (Fsp3) is 0.294. The number of aromatic nitrogens is 2. The third kappa shape index (κ3) is 3.03. The minimum Gasteiger partial charge on any atom is -0.543 e. The second kappa shape index (κ2) is 5.85. The number of rotatable bonds is 4. The van der Waals surface area contributed by atoms with Crippen molar-refractivity contribution in [3.63, 3.8) is 0 Å². The molecule has 0 unspecified atom stereocenters. The van der Waals surface area contributed by atoms with Crippen LogP contribution in [0.5, 0.6) is 0 Å². The average Bonchev–Trinajstić information content (AvgIpc) is 3.03. The van der Waals surface area contributed by atoms with Crippen molar-refractivity contribution in [1.82, 2.24) is 9.78 Å². The summed E-state index contributed by atoms with van der Waals surface area (Å²) in [6.07, 6.45) is 0. The molecule has 5 nitrogen and oxygen atoms in total. The molecule has 3 rings (SSSR count). The van der Waals surface area contributed by atoms with E-state index in [2.05, 4.69) is 34.9 Å². The van der Waals surface area contributed by atoms with Crippen molar-refractivity contribution in [3.8, 4) is 0 Å². The van der Waals surface area contributed by atoms with Gasteiger partial charge in [0.1, 0.15) is 17.0 Å². The summed E-state index contributed by atoms with van der Waals surface area (Å²) in [5.41, 5.74) is 2.45. The Hall–Kier alpha value is -2.08. The van der Waals surface area contributed by atoms with Crippen LogP contribution >= 0.6 is 15.9 Å². The highest BCUT2D eigenvalue weighted by Gasteiger charge is 2.14. The molecule has 120 valence electrons. The van der Waals surface area contributed by atoms with Gasteiger partial charge >= 0.3 is 0 Å². The van der Waals surface area contributed by atoms with Crippen LogP contribution in [-0.2, 0) is 6.54 Å². The number of carboxylic acids is 1. The van der Waals surface area contributed by atoms with Gasteiger partial charge in [0.15, 0.2) is 0 Å². The van der Waals surface area contributed by atoms with E-state index in [4.69, 9.17) is 4.42 Å². The van der Waals surface area contributed by atoms with E-state index >= 15 is 0 Å². The van der Waals surface area contributed by atoms with Crippen molar-refractivity contribution in [1.29, 1.82) is 0 Å². The van der Waals surface area contributed by atoms with Gasteiger partial charge in [0.05, 0.1) is 12.5 Å². The number of nitrogens with zero attached hydrogens (tertiary/aromatic N) is 2. The molecular weight excluding hydrogens is 360 g/mol. The fourth-order valence-corrected chi connectivity index (χ4v) is 3.06. The van der Waals surface area contributed by atoms with E-state index in [9.17, 15) is 9.90 Å². The molecule has 0 radical (unpaired) electrons. The number of hydrogen-bond acceptors (Lipinski definition) is 4. The van der Waals surface area contributed by atoms with Crippen LogP contribution in [0.2, 0.25) is 0 Å². The number of aryl methyl sites for hydroxylation is 1. The molecule has 0 bridgehead atoms. The molecule has 6 heteroatoms. The van der Waals surface area contributed by atoms with Crippen LogP contribution in [0, 0.1) is 6.92 Å². The van der Waals surface area contributed by atoms with Gasteiger partial charge in [-0.1, -0.05) is 29.8 Å². The molecular formula is C17H16BrN2O3-. The van der Waals surface area contributed by atoms with Crippen molar-refractivity contribution >= 4 is 32.9 Å². The molecule has 3 aromatic rings. The predicted octanol–water partition coefficient (Wildman–Crippen LogP) is 3.24. The SMILES string of the molecule is Cc1cc(C(=O)[O-])nn1Cc1cc(Br)cc2cc(C(C)C)oc12. The molecule has 0 fully saturated rings. The van der Waals surface area contributed by atoms with Crippen LogP contribution < -0.4 is 5.11 Å². The summed E-state index contributed by atoms with van der Waals surface area (Å²) < 4.78 is 8.58. The number of hydrogen-bond donors (Lipinski definition) is 0. The van der Waals surface area contributed by atoms with Crippen molar-refractivity contribution in [3.05, 3.63) is 51.4 Å². The summed E-state index contributed by atoms with van der Waals surface area (Å²) in [5.74, 6) is -0.0524. The number of carboxylic acid groups (broad SMARTS) is 1. The van der Waals surface area contributed by atoms with Crippen LogP contribution in [0.3, 0.4) is 0 Å². The van der Waals surface area contributed by atoms with Gasteiger partial charge in [-0.25, -0.2) is 0 Å². The van der Waals surface area contributed by atoms with Crippen molar-refractivity contribution in [2.45, 2.75) is 33.2 Å². The van der Waals surface area contributed by atoms with E-state index in [1.807, 2.05) is 25.1 Å². The first-order chi connectivity index (χ1) is 10.8. The zero-order valence-corrected chi connectivity index (χ0v) is 14.7. The van der Waals surface area contributed by atoms with Crippen molar-refractivity contribution < 1.29 is 14.3 Å². The van der Waals surface area contributed by atoms with E-state index in [1.54, 1.807) is 4.68 Å². The molecule has 0 aliphatic rings. The monoisotopic (exact) mass is 375 g/mol. The number of carbonyl (C=O) groups excluding carboxylic acids is 1. The van der Waals surface area contributed by atoms with Gasteiger partial charge in [-0.2, -0.15) is 5.10 Å². The highest BCUT2D eigenvalue weighted by molar-refractivity contribution is 9.10. The quantitative estimate of drug-likeness (QED) is 0.701. The summed E-state index contributed by atoms with van der Waals surface area (Å²) in [7, 11) is 0. The van der Waals surface area contributed by atoms with E-state index in [0.29, 0.717) is 12.5 Å². The Morgan fingerprint density at radius 1 is 1.35 bits per heavy atom. The number of carbonyl (C=O) groups is 1. The summed E-state index contributed by atoms with van der Waals surface area (Å²) in [6.45, 7) is 6.41. The molecule has 0 aliphatic heterocycles. The second-order valence-corrected chi connectivity index (χ2v) is 6.82. The molecule has 0 amide bonds. The summed E-state index contributed by atoms with van der Waals surface area (Å²) in [6, 6.07) is 7.52. The van der Waals surface area contributed by atoms with Crippen LogP contribution in [-0.4, -0.2) is 15.7 Å². The van der Waals surface area contributed by atoms with Gasteiger partial charge in [0.2, 0.25) is 0 Å². The first kappa shape index (κ1) is 15.8. The summed E-state index contributed by atoms with van der Waals surface area (Å²) in [4.78, 5) is 11.0. The molecule has 0 saturated carbocycles. The normalized spacial score (nSPS) is 11.5. The molecule has 0 saturated heterocycles. The Morgan fingerprint density at radius 3 is 2.70 bits per heavy atom. The third-order valence-electron chi connectivity index (χ3n) is 3.76. The zero-order chi connectivity index (χ0) is 16.7. The van der Waals surface area contributed by atoms with Gasteiger partial charge in [-0.3, -0.25) is 4.68 Å². The number of aromatic carboxylic acids is 1. The maximum Gasteiger partial charge on any atom is 0.139 e. The molecule has 1 aromatic carbocycles. The Labute approximate surface area is 142 Å². The largest absolute Gasteiger partial charge is 0.543 e. The maximum absolute atomic E-state index is 11.0. The number of furan rings is 1. The van der Waals surface area contributed by atoms with Gasteiger partial charge in [0, 0.05) is 27.0 Å². The summed E-state index contributed by atoms with van der Waals surface area (Å²) in [5, 5.41) is 16.0. The molecule has 0 N–H and O–H groups in total. The lowest BCUT2D eigenvalue weighted by Gasteiger charge is -2.07. The highest BCUT2D eigenvalue weighted by atomic mass is 79.9. The van der Waals surface area contributed by atoms with Gasteiger partial charge in [-0.05, 0) is 31.2 Å². The second-order valence-electron chi connectivity index (χ2n) is 5.90. The maximum atomic E-state index is 11.0.